The molecule has 0 bridgehead atoms. The van der Waals surface area contributed by atoms with Gasteiger partial charge in [-0.3, -0.25) is 4.79 Å². The second-order valence-corrected chi connectivity index (χ2v) is 8.78. The van der Waals surface area contributed by atoms with Gasteiger partial charge in [0, 0.05) is 35.0 Å². The summed E-state index contributed by atoms with van der Waals surface area (Å²) >= 11 is 12.5. The number of ether oxygens (including phenoxy) is 1. The van der Waals surface area contributed by atoms with E-state index < -0.39 is 0 Å². The highest BCUT2D eigenvalue weighted by Gasteiger charge is 2.29. The summed E-state index contributed by atoms with van der Waals surface area (Å²) in [5, 5.41) is 2.11. The molecular formula is C25H26Cl2N2O2. The van der Waals surface area contributed by atoms with Crippen LogP contribution in [0.25, 0.3) is 10.9 Å². The molecule has 0 atom stereocenters. The lowest BCUT2D eigenvalue weighted by molar-refractivity contribution is -0.138. The van der Waals surface area contributed by atoms with Gasteiger partial charge >= 0.3 is 0 Å². The fourth-order valence-corrected chi connectivity index (χ4v) is 4.17. The molecule has 4 nitrogen and oxygen atoms in total. The Balaban J connectivity index is 1.57. The van der Waals surface area contributed by atoms with E-state index in [9.17, 15) is 4.79 Å². The van der Waals surface area contributed by atoms with Gasteiger partial charge < -0.3 is 9.64 Å². The van der Waals surface area contributed by atoms with E-state index in [1.54, 1.807) is 0 Å². The molecule has 31 heavy (non-hydrogen) atoms. The Hall–Kier alpha value is -2.30. The van der Waals surface area contributed by atoms with Gasteiger partial charge in [-0.1, -0.05) is 41.8 Å². The van der Waals surface area contributed by atoms with Crippen LogP contribution in [0.3, 0.4) is 0 Å². The van der Waals surface area contributed by atoms with Crippen molar-refractivity contribution in [2.24, 2.45) is 5.92 Å². The van der Waals surface area contributed by atoms with Gasteiger partial charge in [-0.15, -0.1) is 0 Å². The zero-order valence-corrected chi connectivity index (χ0v) is 19.1. The summed E-state index contributed by atoms with van der Waals surface area (Å²) in [6.45, 7) is 3.64. The molecule has 0 spiro atoms. The normalized spacial score (nSPS) is 13.8. The van der Waals surface area contributed by atoms with E-state index >= 15 is 0 Å². The minimum absolute atomic E-state index is 0.127. The maximum atomic E-state index is 13.1. The number of carbonyl (C=O) groups is 1. The third kappa shape index (κ3) is 5.31. The first-order valence-corrected chi connectivity index (χ1v) is 11.5. The van der Waals surface area contributed by atoms with Crippen LogP contribution in [0, 0.1) is 5.92 Å². The van der Waals surface area contributed by atoms with E-state index in [4.69, 9.17) is 27.9 Å². The van der Waals surface area contributed by atoms with Crippen molar-refractivity contribution in [3.05, 3.63) is 69.8 Å². The number of pyridine rings is 1. The minimum atomic E-state index is 0.127. The Morgan fingerprint density at radius 2 is 1.90 bits per heavy atom. The fraction of sp³-hybridized carbons (Fsp3) is 0.360. The molecule has 162 valence electrons. The minimum Gasteiger partial charge on any atom is -0.494 e. The molecule has 3 aromatic rings. The van der Waals surface area contributed by atoms with Crippen molar-refractivity contribution in [1.82, 2.24) is 9.88 Å². The molecule has 1 aromatic heterocycles. The molecule has 0 radical (unpaired) electrons. The Kier molecular flexibility index (Phi) is 6.99. The van der Waals surface area contributed by atoms with Crippen molar-refractivity contribution < 1.29 is 9.53 Å². The predicted octanol–water partition coefficient (Wildman–Crippen LogP) is 6.31. The van der Waals surface area contributed by atoms with Crippen LogP contribution in [0.15, 0.2) is 48.5 Å². The topological polar surface area (TPSA) is 42.4 Å². The standard InChI is InChI=1S/C25H26Cl2N2O2/c1-2-31-22-10-11-23-19(15-22)14-20(24(27)28-23)16-29(25(30)18-4-3-5-18)13-12-17-6-8-21(26)9-7-17/h6-11,14-15,18H,2-5,12-13,16H2,1H3. The van der Waals surface area contributed by atoms with Gasteiger partial charge in [0.15, 0.2) is 0 Å². The summed E-state index contributed by atoms with van der Waals surface area (Å²) in [4.78, 5) is 19.6. The number of fused-ring (bicyclic) bond motifs is 1. The van der Waals surface area contributed by atoms with Crippen LogP contribution in [0.4, 0.5) is 0 Å². The summed E-state index contributed by atoms with van der Waals surface area (Å²) in [7, 11) is 0. The van der Waals surface area contributed by atoms with Crippen molar-refractivity contribution in [2.75, 3.05) is 13.2 Å². The highest BCUT2D eigenvalue weighted by Crippen LogP contribution is 2.30. The Bertz CT molecular complexity index is 1070. The summed E-state index contributed by atoms with van der Waals surface area (Å²) < 4.78 is 5.62. The maximum absolute atomic E-state index is 13.1. The van der Waals surface area contributed by atoms with E-state index in [1.165, 1.54) is 0 Å². The van der Waals surface area contributed by atoms with Crippen molar-refractivity contribution in [3.8, 4) is 5.75 Å². The monoisotopic (exact) mass is 456 g/mol. The predicted molar refractivity (Wildman–Crippen MR) is 126 cm³/mol. The van der Waals surface area contributed by atoms with Gasteiger partial charge in [0.25, 0.3) is 0 Å². The molecule has 1 aliphatic rings. The molecule has 2 aromatic carbocycles. The van der Waals surface area contributed by atoms with E-state index in [0.29, 0.717) is 29.9 Å². The van der Waals surface area contributed by atoms with Crippen LogP contribution in [0.5, 0.6) is 5.75 Å². The Morgan fingerprint density at radius 1 is 1.13 bits per heavy atom. The number of amides is 1. The first-order chi connectivity index (χ1) is 15.0. The van der Waals surface area contributed by atoms with Crippen LogP contribution in [-0.4, -0.2) is 28.9 Å². The van der Waals surface area contributed by atoms with E-state index in [2.05, 4.69) is 4.98 Å². The van der Waals surface area contributed by atoms with Crippen molar-refractivity contribution in [1.29, 1.82) is 0 Å². The third-order valence-electron chi connectivity index (χ3n) is 5.83. The van der Waals surface area contributed by atoms with E-state index in [1.807, 2.05) is 60.4 Å². The lowest BCUT2D eigenvalue weighted by Gasteiger charge is -2.32. The number of benzene rings is 2. The van der Waals surface area contributed by atoms with Gasteiger partial charge in [-0.05, 0) is 68.1 Å². The molecule has 0 saturated heterocycles. The lowest BCUT2D eigenvalue weighted by atomic mass is 9.84. The lowest BCUT2D eigenvalue weighted by Crippen LogP contribution is -2.39. The quantitative estimate of drug-likeness (QED) is 0.372. The molecule has 4 rings (SSSR count). The fourth-order valence-electron chi connectivity index (χ4n) is 3.84. The van der Waals surface area contributed by atoms with Gasteiger partial charge in [0.05, 0.1) is 12.1 Å². The SMILES string of the molecule is CCOc1ccc2nc(Cl)c(CN(CCc3ccc(Cl)cc3)C(=O)C3CCC3)cc2c1. The molecule has 0 N–H and O–H groups in total. The van der Waals surface area contributed by atoms with Gasteiger partial charge in [-0.25, -0.2) is 4.98 Å². The molecule has 0 unspecified atom stereocenters. The van der Waals surface area contributed by atoms with Crippen LogP contribution >= 0.6 is 23.2 Å². The number of hydrogen-bond acceptors (Lipinski definition) is 3. The number of hydrogen-bond donors (Lipinski definition) is 0. The first-order valence-electron chi connectivity index (χ1n) is 10.8. The molecule has 6 heteroatoms. The molecule has 1 fully saturated rings. The van der Waals surface area contributed by atoms with Gasteiger partial charge in [-0.2, -0.15) is 0 Å². The number of nitrogens with zero attached hydrogens (tertiary/aromatic N) is 2. The summed E-state index contributed by atoms with van der Waals surface area (Å²) in [6, 6.07) is 15.6. The second-order valence-electron chi connectivity index (χ2n) is 7.99. The van der Waals surface area contributed by atoms with Crippen molar-refractivity contribution in [3.63, 3.8) is 0 Å². The number of aromatic nitrogens is 1. The smallest absolute Gasteiger partial charge is 0.225 e. The third-order valence-corrected chi connectivity index (χ3v) is 6.41. The first kappa shape index (κ1) is 21.9. The average molecular weight is 457 g/mol. The number of rotatable bonds is 8. The Morgan fingerprint density at radius 3 is 2.58 bits per heavy atom. The molecule has 1 saturated carbocycles. The van der Waals surface area contributed by atoms with Crippen LogP contribution in [-0.2, 0) is 17.8 Å². The highest BCUT2D eigenvalue weighted by molar-refractivity contribution is 6.30. The van der Waals surface area contributed by atoms with E-state index in [-0.39, 0.29) is 11.8 Å². The van der Waals surface area contributed by atoms with Crippen molar-refractivity contribution >= 4 is 40.0 Å². The van der Waals surface area contributed by atoms with Crippen LogP contribution in [0.2, 0.25) is 10.2 Å². The van der Waals surface area contributed by atoms with Gasteiger partial charge in [0.2, 0.25) is 5.91 Å². The largest absolute Gasteiger partial charge is 0.494 e. The number of halogens is 2. The second kappa shape index (κ2) is 9.88. The van der Waals surface area contributed by atoms with Crippen LogP contribution < -0.4 is 4.74 Å². The molecule has 1 amide bonds. The zero-order valence-electron chi connectivity index (χ0n) is 17.6. The zero-order chi connectivity index (χ0) is 21.8. The summed E-state index contributed by atoms with van der Waals surface area (Å²) in [6.07, 6.45) is 3.83. The molecule has 1 aliphatic carbocycles. The molecule has 1 heterocycles. The number of carbonyl (C=O) groups excluding carboxylic acids is 1. The summed E-state index contributed by atoms with van der Waals surface area (Å²) in [5.41, 5.74) is 2.82. The Labute approximate surface area is 193 Å². The maximum Gasteiger partial charge on any atom is 0.225 e. The summed E-state index contributed by atoms with van der Waals surface area (Å²) in [5.74, 6) is 1.14. The average Bonchev–Trinajstić information content (AvgIpc) is 2.71. The molecular weight excluding hydrogens is 431 g/mol. The van der Waals surface area contributed by atoms with E-state index in [0.717, 1.165) is 53.5 Å². The highest BCUT2D eigenvalue weighted by atomic mass is 35.5. The van der Waals surface area contributed by atoms with Crippen LogP contribution in [0.1, 0.15) is 37.3 Å². The molecule has 0 aliphatic heterocycles. The van der Waals surface area contributed by atoms with Crippen molar-refractivity contribution in [2.45, 2.75) is 39.2 Å². The van der Waals surface area contributed by atoms with Gasteiger partial charge in [0.1, 0.15) is 10.9 Å².